The summed E-state index contributed by atoms with van der Waals surface area (Å²) in [6, 6.07) is 5.78. The molecule has 0 aliphatic carbocycles. The third kappa shape index (κ3) is 9.83. The number of nitrogens with zero attached hydrogens (tertiary/aromatic N) is 1. The molecule has 0 bridgehead atoms. The van der Waals surface area contributed by atoms with E-state index in [0.29, 0.717) is 5.69 Å². The molecule has 1 aliphatic heterocycles. The molecule has 1 aromatic carbocycles. The lowest BCUT2D eigenvalue weighted by atomic mass is 10.0. The molecular formula is C27H48N4O5S. The summed E-state index contributed by atoms with van der Waals surface area (Å²) in [5.41, 5.74) is 1.78. The number of imide groups is 1. The summed E-state index contributed by atoms with van der Waals surface area (Å²) < 4.78 is 0. The zero-order valence-electron chi connectivity index (χ0n) is 23.1. The Morgan fingerprint density at radius 2 is 1.65 bits per heavy atom. The molecule has 10 heteroatoms. The summed E-state index contributed by atoms with van der Waals surface area (Å²) in [6.07, 6.45) is 0.950. The van der Waals surface area contributed by atoms with Gasteiger partial charge in [0.25, 0.3) is 0 Å². The number of rotatable bonds is 12. The molecule has 3 atom stereocenters. The Hall–Kier alpha value is -2.88. The van der Waals surface area contributed by atoms with Gasteiger partial charge in [-0.15, -0.1) is 11.8 Å². The molecule has 0 spiro atoms. The van der Waals surface area contributed by atoms with Crippen LogP contribution < -0.4 is 16.0 Å². The van der Waals surface area contributed by atoms with E-state index >= 15 is 0 Å². The Kier molecular flexibility index (Phi) is 14.0. The summed E-state index contributed by atoms with van der Waals surface area (Å²) in [5, 5.41) is 7.71. The van der Waals surface area contributed by atoms with E-state index in [0.717, 1.165) is 22.6 Å². The topological polar surface area (TPSA) is 125 Å². The van der Waals surface area contributed by atoms with Crippen molar-refractivity contribution in [3.63, 3.8) is 0 Å². The highest BCUT2D eigenvalue weighted by Gasteiger charge is 2.38. The molecule has 1 heterocycles. The van der Waals surface area contributed by atoms with Crippen molar-refractivity contribution in [2.45, 2.75) is 85.1 Å². The second-order valence-corrected chi connectivity index (χ2v) is 10.3. The van der Waals surface area contributed by atoms with Gasteiger partial charge in [-0.25, -0.2) is 0 Å². The average Bonchev–Trinajstić information content (AvgIpc) is 3.14. The van der Waals surface area contributed by atoms with E-state index in [1.165, 1.54) is 11.8 Å². The van der Waals surface area contributed by atoms with Gasteiger partial charge in [0.2, 0.25) is 29.5 Å². The Morgan fingerprint density at radius 3 is 2.19 bits per heavy atom. The Labute approximate surface area is 229 Å². The number of benzene rings is 1. The van der Waals surface area contributed by atoms with Gasteiger partial charge in [0, 0.05) is 29.4 Å². The highest BCUT2D eigenvalue weighted by atomic mass is 32.2. The molecule has 3 N–H and O–H groups in total. The third-order valence-corrected chi connectivity index (χ3v) is 6.88. The first kappa shape index (κ1) is 32.1. The van der Waals surface area contributed by atoms with Crippen molar-refractivity contribution in [1.29, 1.82) is 0 Å². The molecule has 0 aromatic heterocycles. The van der Waals surface area contributed by atoms with Gasteiger partial charge < -0.3 is 16.0 Å². The highest BCUT2D eigenvalue weighted by Crippen LogP contribution is 2.25. The van der Waals surface area contributed by atoms with E-state index < -0.39 is 23.9 Å². The lowest BCUT2D eigenvalue weighted by molar-refractivity contribution is -0.139. The van der Waals surface area contributed by atoms with Crippen molar-refractivity contribution in [1.82, 2.24) is 15.5 Å². The second-order valence-electron chi connectivity index (χ2n) is 8.84. The maximum Gasteiger partial charge on any atom is 0.246 e. The first-order valence-corrected chi connectivity index (χ1v) is 14.1. The first-order chi connectivity index (χ1) is 17.6. The number of aryl methyl sites for hydroxylation is 1. The fraction of sp³-hybridized carbons (Fsp3) is 0.593. The number of carbonyl (C=O) groups is 5. The van der Waals surface area contributed by atoms with E-state index in [1.54, 1.807) is 32.9 Å². The van der Waals surface area contributed by atoms with Crippen LogP contribution >= 0.6 is 11.8 Å². The Bertz CT molecular complexity index is 951. The molecule has 0 radical (unpaired) electrons. The van der Waals surface area contributed by atoms with Gasteiger partial charge in [-0.1, -0.05) is 53.7 Å². The van der Waals surface area contributed by atoms with E-state index in [-0.39, 0.29) is 52.6 Å². The number of thioether (sulfide) groups is 1. The van der Waals surface area contributed by atoms with Crippen LogP contribution in [0.25, 0.3) is 0 Å². The number of likely N-dealkylation sites (tertiary alicyclic amines) is 1. The molecule has 1 saturated heterocycles. The summed E-state index contributed by atoms with van der Waals surface area (Å²) in [6.45, 7) is 13.1. The zero-order valence-corrected chi connectivity index (χ0v) is 23.9. The minimum atomic E-state index is -0.866. The lowest BCUT2D eigenvalue weighted by Gasteiger charge is -2.24. The molecule has 1 aliphatic rings. The molecule has 212 valence electrons. The van der Waals surface area contributed by atoms with Crippen molar-refractivity contribution >= 4 is 47.0 Å². The standard InChI is InChI=1S/C25H36N4O5S.C2H6.3H2/c1-6-17-8-10-18(11-9-17)27-23(32)16(5)26-24(33)22(15(3)4)28-20(30)12-13-29-21(31)14-19(25(29)34)35-7-2;1-2;;;/h8-11,15-16,19,22H,6-7,12-14H2,1-5H3,(H,26,33)(H,27,32)(H,28,30);1-2H3;3*1H/t16-,19?,22?;;;;/m0..../s1. The van der Waals surface area contributed by atoms with Crippen molar-refractivity contribution in [3.8, 4) is 0 Å². The molecule has 9 nitrogen and oxygen atoms in total. The molecule has 37 heavy (non-hydrogen) atoms. The first-order valence-electron chi connectivity index (χ1n) is 13.0. The fourth-order valence-corrected chi connectivity index (χ4v) is 4.59. The lowest BCUT2D eigenvalue weighted by Crippen LogP contribution is -2.54. The molecular weight excluding hydrogens is 492 g/mol. The quantitative estimate of drug-likeness (QED) is 0.346. The van der Waals surface area contributed by atoms with Crippen molar-refractivity contribution in [2.75, 3.05) is 17.6 Å². The van der Waals surface area contributed by atoms with Gasteiger partial charge >= 0.3 is 0 Å². The van der Waals surface area contributed by atoms with Crippen LogP contribution in [0.15, 0.2) is 24.3 Å². The maximum absolute atomic E-state index is 12.8. The van der Waals surface area contributed by atoms with Crippen LogP contribution in [0, 0.1) is 5.92 Å². The normalized spacial score (nSPS) is 16.5. The van der Waals surface area contributed by atoms with Gasteiger partial charge in [0.05, 0.1) is 5.25 Å². The summed E-state index contributed by atoms with van der Waals surface area (Å²) in [4.78, 5) is 63.5. The monoisotopic (exact) mass is 540 g/mol. The number of nitrogens with one attached hydrogen (secondary N) is 3. The minimum absolute atomic E-state index is 0. The third-order valence-electron chi connectivity index (χ3n) is 5.78. The van der Waals surface area contributed by atoms with Crippen LogP contribution in [0.2, 0.25) is 0 Å². The predicted molar refractivity (Wildman–Crippen MR) is 154 cm³/mol. The van der Waals surface area contributed by atoms with E-state index in [1.807, 2.05) is 39.8 Å². The van der Waals surface area contributed by atoms with Gasteiger partial charge in [-0.05, 0) is 42.7 Å². The minimum Gasteiger partial charge on any atom is -0.344 e. The van der Waals surface area contributed by atoms with Crippen molar-refractivity contribution in [3.05, 3.63) is 29.8 Å². The van der Waals surface area contributed by atoms with Crippen molar-refractivity contribution in [2.24, 2.45) is 5.92 Å². The largest absolute Gasteiger partial charge is 0.344 e. The molecule has 1 aromatic rings. The predicted octanol–water partition coefficient (Wildman–Crippen LogP) is 3.87. The van der Waals surface area contributed by atoms with Gasteiger partial charge in [0.1, 0.15) is 12.1 Å². The van der Waals surface area contributed by atoms with Crippen LogP contribution in [0.4, 0.5) is 5.69 Å². The number of carbonyl (C=O) groups excluding carboxylic acids is 5. The average molecular weight is 541 g/mol. The molecule has 1 fully saturated rings. The number of anilines is 1. The van der Waals surface area contributed by atoms with Gasteiger partial charge in [0.15, 0.2) is 0 Å². The van der Waals surface area contributed by atoms with Crippen LogP contribution in [-0.2, 0) is 30.4 Å². The smallest absolute Gasteiger partial charge is 0.246 e. The SMILES string of the molecule is CC.CCSC1CC(=O)N(CCC(=O)NC(C(=O)N[C@@H](C)C(=O)Nc2ccc(CC)cc2)C(C)C)C1=O.[HH].[HH].[HH]. The summed E-state index contributed by atoms with van der Waals surface area (Å²) >= 11 is 1.42. The molecule has 2 unspecified atom stereocenters. The van der Waals surface area contributed by atoms with E-state index in [9.17, 15) is 24.0 Å². The summed E-state index contributed by atoms with van der Waals surface area (Å²) in [5.74, 6) is -1.36. The zero-order chi connectivity index (χ0) is 28.1. The van der Waals surface area contributed by atoms with Crippen LogP contribution in [0.3, 0.4) is 0 Å². The van der Waals surface area contributed by atoms with Gasteiger partial charge in [-0.2, -0.15) is 0 Å². The van der Waals surface area contributed by atoms with E-state index in [4.69, 9.17) is 0 Å². The van der Waals surface area contributed by atoms with Crippen molar-refractivity contribution < 1.29 is 28.3 Å². The second kappa shape index (κ2) is 16.1. The Morgan fingerprint density at radius 1 is 1.03 bits per heavy atom. The number of hydrogen-bond donors (Lipinski definition) is 3. The Balaban J connectivity index is -0.00000267. The van der Waals surface area contributed by atoms with Crippen LogP contribution in [0.5, 0.6) is 0 Å². The molecule has 5 amide bonds. The number of amides is 5. The maximum atomic E-state index is 12.8. The van der Waals surface area contributed by atoms with Crippen LogP contribution in [0.1, 0.15) is 71.2 Å². The van der Waals surface area contributed by atoms with Crippen LogP contribution in [-0.4, -0.2) is 64.1 Å². The van der Waals surface area contributed by atoms with E-state index in [2.05, 4.69) is 16.0 Å². The fourth-order valence-electron chi connectivity index (χ4n) is 3.66. The van der Waals surface area contributed by atoms with Gasteiger partial charge in [-0.3, -0.25) is 28.9 Å². The highest BCUT2D eigenvalue weighted by molar-refractivity contribution is 8.00. The number of hydrogen-bond acceptors (Lipinski definition) is 6. The molecule has 2 rings (SSSR count). The summed E-state index contributed by atoms with van der Waals surface area (Å²) in [7, 11) is 0. The molecule has 0 saturated carbocycles.